The molecule has 1 aromatic heterocycles. The first-order valence-electron chi connectivity index (χ1n) is 10.8. The lowest BCUT2D eigenvalue weighted by Crippen LogP contribution is -2.15. The molecule has 0 aliphatic carbocycles. The molecule has 1 N–H and O–H groups in total. The Kier molecular flexibility index (Phi) is 8.38. The Bertz CT molecular complexity index is 1160. The Hall–Kier alpha value is -2.84. The van der Waals surface area contributed by atoms with E-state index in [1.54, 1.807) is 6.08 Å². The number of aromatic nitrogens is 3. The number of rotatable bonds is 9. The molecule has 0 fully saturated rings. The first-order chi connectivity index (χ1) is 16.1. The van der Waals surface area contributed by atoms with Crippen molar-refractivity contribution < 1.29 is 13.9 Å². The molecule has 9 heteroatoms. The van der Waals surface area contributed by atoms with Gasteiger partial charge in [0.2, 0.25) is 5.91 Å². The van der Waals surface area contributed by atoms with Crippen LogP contribution in [0.3, 0.4) is 0 Å². The molecule has 34 heavy (non-hydrogen) atoms. The van der Waals surface area contributed by atoms with E-state index < -0.39 is 5.82 Å². The van der Waals surface area contributed by atoms with Crippen molar-refractivity contribution in [1.29, 1.82) is 0 Å². The highest BCUT2D eigenvalue weighted by molar-refractivity contribution is 7.99. The van der Waals surface area contributed by atoms with E-state index in [-0.39, 0.29) is 28.2 Å². The fourth-order valence-electron chi connectivity index (χ4n) is 3.20. The molecule has 0 bridgehead atoms. The van der Waals surface area contributed by atoms with Crippen molar-refractivity contribution in [1.82, 2.24) is 14.8 Å². The number of halogens is 2. The van der Waals surface area contributed by atoms with Gasteiger partial charge in [0.25, 0.3) is 0 Å². The average molecular weight is 503 g/mol. The molecule has 3 rings (SSSR count). The summed E-state index contributed by atoms with van der Waals surface area (Å²) in [4.78, 5) is 12.4. The standard InChI is InChI=1S/C25H28ClFN4O2S/c1-6-13-31-23(16(2)33-19-10-7-17(8-11-19)25(3,4)5)29-30-24(31)34-15-22(32)28-18-9-12-21(27)20(26)14-18/h6-12,14,16H,1,13,15H2,2-5H3,(H,28,32). The summed E-state index contributed by atoms with van der Waals surface area (Å²) in [6.07, 6.45) is 1.37. The summed E-state index contributed by atoms with van der Waals surface area (Å²) in [6.45, 7) is 12.7. The minimum Gasteiger partial charge on any atom is -0.483 e. The number of carbonyl (C=O) groups is 1. The SMILES string of the molecule is C=CCn1c(SCC(=O)Nc2ccc(F)c(Cl)c2)nnc1C(C)Oc1ccc(C(C)(C)C)cc1. The molecule has 1 heterocycles. The van der Waals surface area contributed by atoms with Gasteiger partial charge in [-0.1, -0.05) is 62.3 Å². The van der Waals surface area contributed by atoms with Crippen molar-refractivity contribution >= 4 is 35.0 Å². The zero-order chi connectivity index (χ0) is 24.9. The number of benzene rings is 2. The second-order valence-electron chi connectivity index (χ2n) is 8.74. The van der Waals surface area contributed by atoms with Gasteiger partial charge in [0.1, 0.15) is 11.6 Å². The highest BCUT2D eigenvalue weighted by Gasteiger charge is 2.20. The molecule has 0 spiro atoms. The van der Waals surface area contributed by atoms with E-state index >= 15 is 0 Å². The van der Waals surface area contributed by atoms with Gasteiger partial charge < -0.3 is 10.1 Å². The third-order valence-electron chi connectivity index (χ3n) is 4.99. The number of nitrogens with one attached hydrogen (secondary N) is 1. The smallest absolute Gasteiger partial charge is 0.234 e. The van der Waals surface area contributed by atoms with Gasteiger partial charge in [-0.25, -0.2) is 4.39 Å². The number of amides is 1. The molecule has 0 aliphatic heterocycles. The van der Waals surface area contributed by atoms with Gasteiger partial charge in [-0.05, 0) is 48.2 Å². The van der Waals surface area contributed by atoms with Gasteiger partial charge in [-0.3, -0.25) is 9.36 Å². The van der Waals surface area contributed by atoms with Crippen LogP contribution < -0.4 is 10.1 Å². The summed E-state index contributed by atoms with van der Waals surface area (Å²) in [5.74, 6) is 0.646. The zero-order valence-electron chi connectivity index (χ0n) is 19.6. The summed E-state index contributed by atoms with van der Waals surface area (Å²) in [7, 11) is 0. The fraction of sp³-hybridized carbons (Fsp3) is 0.320. The van der Waals surface area contributed by atoms with E-state index in [0.29, 0.717) is 23.2 Å². The maximum absolute atomic E-state index is 13.3. The van der Waals surface area contributed by atoms with E-state index in [9.17, 15) is 9.18 Å². The van der Waals surface area contributed by atoms with Gasteiger partial charge in [-0.2, -0.15) is 0 Å². The third kappa shape index (κ3) is 6.61. The largest absolute Gasteiger partial charge is 0.483 e. The molecule has 3 aromatic rings. The zero-order valence-corrected chi connectivity index (χ0v) is 21.2. The third-order valence-corrected chi connectivity index (χ3v) is 6.25. The molecule has 1 atom stereocenters. The Morgan fingerprint density at radius 3 is 2.59 bits per heavy atom. The number of carbonyl (C=O) groups excluding carboxylic acids is 1. The monoisotopic (exact) mass is 502 g/mol. The van der Waals surface area contributed by atoms with E-state index in [1.165, 1.54) is 35.5 Å². The molecule has 0 radical (unpaired) electrons. The Morgan fingerprint density at radius 2 is 1.97 bits per heavy atom. The summed E-state index contributed by atoms with van der Waals surface area (Å²) in [6, 6.07) is 12.0. The molecule has 2 aromatic carbocycles. The van der Waals surface area contributed by atoms with E-state index in [4.69, 9.17) is 16.3 Å². The minimum atomic E-state index is -0.541. The second-order valence-corrected chi connectivity index (χ2v) is 10.1. The second kappa shape index (κ2) is 11.1. The van der Waals surface area contributed by atoms with Crippen molar-refractivity contribution in [2.24, 2.45) is 0 Å². The van der Waals surface area contributed by atoms with Gasteiger partial charge in [0, 0.05) is 12.2 Å². The topological polar surface area (TPSA) is 69.0 Å². The molecule has 0 saturated carbocycles. The maximum atomic E-state index is 13.3. The fourth-order valence-corrected chi connectivity index (χ4v) is 4.13. The van der Waals surface area contributed by atoms with Gasteiger partial charge in [0.05, 0.1) is 10.8 Å². The number of anilines is 1. The lowest BCUT2D eigenvalue weighted by molar-refractivity contribution is -0.113. The summed E-state index contributed by atoms with van der Waals surface area (Å²) in [5, 5.41) is 11.8. The van der Waals surface area contributed by atoms with Crippen molar-refractivity contribution in [3.05, 3.63) is 77.3 Å². The predicted octanol–water partition coefficient (Wildman–Crippen LogP) is 6.42. The molecule has 0 aliphatic rings. The van der Waals surface area contributed by atoms with Crippen molar-refractivity contribution in [2.45, 2.75) is 50.9 Å². The quantitative estimate of drug-likeness (QED) is 0.270. The van der Waals surface area contributed by atoms with Crippen LogP contribution in [0, 0.1) is 5.82 Å². The van der Waals surface area contributed by atoms with E-state index in [2.05, 4.69) is 55.0 Å². The van der Waals surface area contributed by atoms with Gasteiger partial charge >= 0.3 is 0 Å². The molecule has 6 nitrogen and oxygen atoms in total. The normalized spacial score (nSPS) is 12.3. The summed E-state index contributed by atoms with van der Waals surface area (Å²) in [5.41, 5.74) is 1.71. The number of allylic oxidation sites excluding steroid dienone is 1. The first-order valence-corrected chi connectivity index (χ1v) is 12.1. The number of nitrogens with zero attached hydrogens (tertiary/aromatic N) is 3. The van der Waals surface area contributed by atoms with Gasteiger partial charge in [-0.15, -0.1) is 16.8 Å². The summed E-state index contributed by atoms with van der Waals surface area (Å²) < 4.78 is 21.3. The van der Waals surface area contributed by atoms with Crippen LogP contribution in [-0.2, 0) is 16.8 Å². The molecule has 0 saturated heterocycles. The first kappa shape index (κ1) is 25.8. The number of hydrogen-bond acceptors (Lipinski definition) is 5. The van der Waals surface area contributed by atoms with Crippen molar-refractivity contribution in [3.63, 3.8) is 0 Å². The van der Waals surface area contributed by atoms with Crippen LogP contribution in [0.1, 0.15) is 45.2 Å². The highest BCUT2D eigenvalue weighted by Crippen LogP contribution is 2.28. The lowest BCUT2D eigenvalue weighted by atomic mass is 9.87. The van der Waals surface area contributed by atoms with Crippen LogP contribution in [0.2, 0.25) is 5.02 Å². The van der Waals surface area contributed by atoms with Gasteiger partial charge in [0.15, 0.2) is 17.1 Å². The maximum Gasteiger partial charge on any atom is 0.234 e. The van der Waals surface area contributed by atoms with E-state index in [1.807, 2.05) is 23.6 Å². The van der Waals surface area contributed by atoms with Crippen molar-refractivity contribution in [3.8, 4) is 5.75 Å². The molecule has 1 unspecified atom stereocenters. The lowest BCUT2D eigenvalue weighted by Gasteiger charge is -2.20. The number of thioether (sulfide) groups is 1. The molecule has 180 valence electrons. The molecule has 1 amide bonds. The minimum absolute atomic E-state index is 0.0529. The van der Waals surface area contributed by atoms with Crippen LogP contribution in [0.15, 0.2) is 60.3 Å². The number of hydrogen-bond donors (Lipinski definition) is 1. The Morgan fingerprint density at radius 1 is 1.26 bits per heavy atom. The van der Waals surface area contributed by atoms with Crippen LogP contribution in [0.5, 0.6) is 5.75 Å². The van der Waals surface area contributed by atoms with Crippen LogP contribution in [0.25, 0.3) is 0 Å². The predicted molar refractivity (Wildman–Crippen MR) is 135 cm³/mol. The molecular formula is C25H28ClFN4O2S. The van der Waals surface area contributed by atoms with E-state index in [0.717, 1.165) is 5.75 Å². The summed E-state index contributed by atoms with van der Waals surface area (Å²) >= 11 is 7.01. The van der Waals surface area contributed by atoms with Crippen molar-refractivity contribution in [2.75, 3.05) is 11.1 Å². The average Bonchev–Trinajstić information content (AvgIpc) is 3.17. The highest BCUT2D eigenvalue weighted by atomic mass is 35.5. The molecular weight excluding hydrogens is 475 g/mol. The Balaban J connectivity index is 1.66. The van der Waals surface area contributed by atoms with Crippen LogP contribution >= 0.6 is 23.4 Å². The van der Waals surface area contributed by atoms with Crippen LogP contribution in [-0.4, -0.2) is 26.4 Å². The Labute approximate surface area is 208 Å². The number of ether oxygens (including phenoxy) is 1. The van der Waals surface area contributed by atoms with Crippen LogP contribution in [0.4, 0.5) is 10.1 Å².